The SMILES string of the molecule is CCNCC1CCN(C(=O)CSc2cccc3cccc(Cl)c23)CC1. The molecular formula is C20H25ClN2OS. The van der Waals surface area contributed by atoms with Crippen LogP contribution in [0.15, 0.2) is 41.3 Å². The fourth-order valence-corrected chi connectivity index (χ4v) is 4.70. The second-order valence-electron chi connectivity index (χ2n) is 6.51. The Labute approximate surface area is 159 Å². The molecule has 3 nitrogen and oxygen atoms in total. The van der Waals surface area contributed by atoms with Crippen LogP contribution in [0.3, 0.4) is 0 Å². The van der Waals surface area contributed by atoms with E-state index in [1.165, 1.54) is 0 Å². The molecule has 2 aromatic carbocycles. The molecule has 1 aliphatic rings. The lowest BCUT2D eigenvalue weighted by Crippen LogP contribution is -2.41. The maximum atomic E-state index is 12.6. The zero-order chi connectivity index (χ0) is 17.6. The van der Waals surface area contributed by atoms with Gasteiger partial charge in [0.15, 0.2) is 0 Å². The Hall–Kier alpha value is -1.23. The van der Waals surface area contributed by atoms with Gasteiger partial charge in [-0.25, -0.2) is 0 Å². The Kier molecular flexibility index (Phi) is 6.63. The maximum absolute atomic E-state index is 12.6. The van der Waals surface area contributed by atoms with Crippen molar-refractivity contribution in [2.45, 2.75) is 24.7 Å². The lowest BCUT2D eigenvalue weighted by atomic mass is 9.97. The minimum Gasteiger partial charge on any atom is -0.342 e. The van der Waals surface area contributed by atoms with E-state index in [9.17, 15) is 4.79 Å². The molecule has 1 heterocycles. The van der Waals surface area contributed by atoms with Crippen molar-refractivity contribution in [3.8, 4) is 0 Å². The van der Waals surface area contributed by atoms with Crippen molar-refractivity contribution in [3.05, 3.63) is 41.4 Å². The van der Waals surface area contributed by atoms with Crippen molar-refractivity contribution in [2.75, 3.05) is 31.9 Å². The Bertz CT molecular complexity index is 723. The molecule has 1 aliphatic heterocycles. The standard InChI is InChI=1S/C20H25ClN2OS/c1-2-22-13-15-9-11-23(12-10-15)19(24)14-25-18-8-4-6-16-5-3-7-17(21)20(16)18/h3-8,15,22H,2,9-14H2,1H3. The van der Waals surface area contributed by atoms with Gasteiger partial charge in [-0.3, -0.25) is 4.79 Å². The summed E-state index contributed by atoms with van der Waals surface area (Å²) in [6, 6.07) is 12.1. The first-order valence-electron chi connectivity index (χ1n) is 8.97. The van der Waals surface area contributed by atoms with Crippen LogP contribution in [0.25, 0.3) is 10.8 Å². The van der Waals surface area contributed by atoms with Crippen LogP contribution in [0.2, 0.25) is 5.02 Å². The van der Waals surface area contributed by atoms with Gasteiger partial charge in [-0.15, -0.1) is 11.8 Å². The van der Waals surface area contributed by atoms with Gasteiger partial charge in [0.1, 0.15) is 0 Å². The Balaban J connectivity index is 1.57. The molecule has 0 spiro atoms. The van der Waals surface area contributed by atoms with Crippen LogP contribution >= 0.6 is 23.4 Å². The summed E-state index contributed by atoms with van der Waals surface area (Å²) in [4.78, 5) is 15.7. The van der Waals surface area contributed by atoms with E-state index >= 15 is 0 Å². The summed E-state index contributed by atoms with van der Waals surface area (Å²) in [5.41, 5.74) is 0. The Morgan fingerprint density at radius 3 is 2.68 bits per heavy atom. The van der Waals surface area contributed by atoms with Crippen LogP contribution in [-0.4, -0.2) is 42.7 Å². The van der Waals surface area contributed by atoms with E-state index < -0.39 is 0 Å². The molecule has 3 rings (SSSR count). The van der Waals surface area contributed by atoms with Crippen molar-refractivity contribution < 1.29 is 4.79 Å². The number of nitrogens with one attached hydrogen (secondary N) is 1. The maximum Gasteiger partial charge on any atom is 0.232 e. The number of halogens is 1. The molecule has 5 heteroatoms. The molecule has 1 amide bonds. The normalized spacial score (nSPS) is 15.7. The molecule has 0 aliphatic carbocycles. The fraction of sp³-hybridized carbons (Fsp3) is 0.450. The summed E-state index contributed by atoms with van der Waals surface area (Å²) in [5.74, 6) is 1.41. The van der Waals surface area contributed by atoms with Gasteiger partial charge >= 0.3 is 0 Å². The van der Waals surface area contributed by atoms with Crippen LogP contribution in [-0.2, 0) is 4.79 Å². The number of fused-ring (bicyclic) bond motifs is 1. The lowest BCUT2D eigenvalue weighted by Gasteiger charge is -2.32. The van der Waals surface area contributed by atoms with Crippen molar-refractivity contribution >= 4 is 40.0 Å². The molecule has 0 atom stereocenters. The lowest BCUT2D eigenvalue weighted by molar-refractivity contribution is -0.129. The third-order valence-electron chi connectivity index (χ3n) is 4.82. The first-order valence-corrected chi connectivity index (χ1v) is 10.3. The third kappa shape index (κ3) is 4.69. The molecule has 0 radical (unpaired) electrons. The minimum absolute atomic E-state index is 0.232. The van der Waals surface area contributed by atoms with Crippen LogP contribution < -0.4 is 5.32 Å². The molecule has 0 aromatic heterocycles. The van der Waals surface area contributed by atoms with E-state index in [4.69, 9.17) is 11.6 Å². The summed E-state index contributed by atoms with van der Waals surface area (Å²) < 4.78 is 0. The summed E-state index contributed by atoms with van der Waals surface area (Å²) in [7, 11) is 0. The van der Waals surface area contributed by atoms with Crippen molar-refractivity contribution in [1.29, 1.82) is 0 Å². The molecule has 0 bridgehead atoms. The van der Waals surface area contributed by atoms with Gasteiger partial charge in [-0.05, 0) is 49.4 Å². The molecule has 1 saturated heterocycles. The molecular weight excluding hydrogens is 352 g/mol. The van der Waals surface area contributed by atoms with E-state index in [0.717, 1.165) is 59.7 Å². The van der Waals surface area contributed by atoms with E-state index in [2.05, 4.69) is 30.4 Å². The number of hydrogen-bond donors (Lipinski definition) is 1. The monoisotopic (exact) mass is 376 g/mol. The Morgan fingerprint density at radius 2 is 1.96 bits per heavy atom. The van der Waals surface area contributed by atoms with Gasteiger partial charge in [-0.2, -0.15) is 0 Å². The minimum atomic E-state index is 0.232. The number of piperidine rings is 1. The summed E-state index contributed by atoms with van der Waals surface area (Å²) in [6.45, 7) is 5.98. The van der Waals surface area contributed by atoms with Crippen LogP contribution in [0, 0.1) is 5.92 Å². The topological polar surface area (TPSA) is 32.3 Å². The highest BCUT2D eigenvalue weighted by atomic mass is 35.5. The van der Waals surface area contributed by atoms with Gasteiger partial charge in [-0.1, -0.05) is 42.8 Å². The predicted molar refractivity (Wildman–Crippen MR) is 108 cm³/mol. The van der Waals surface area contributed by atoms with Crippen LogP contribution in [0.4, 0.5) is 0 Å². The predicted octanol–water partition coefficient (Wildman–Crippen LogP) is 4.43. The highest BCUT2D eigenvalue weighted by Gasteiger charge is 2.22. The molecule has 1 fully saturated rings. The van der Waals surface area contributed by atoms with E-state index in [1.807, 2.05) is 23.1 Å². The van der Waals surface area contributed by atoms with Crippen molar-refractivity contribution in [2.24, 2.45) is 5.92 Å². The van der Waals surface area contributed by atoms with Gasteiger partial charge in [0.05, 0.1) is 5.75 Å². The highest BCUT2D eigenvalue weighted by molar-refractivity contribution is 8.00. The van der Waals surface area contributed by atoms with Crippen LogP contribution in [0.1, 0.15) is 19.8 Å². The van der Waals surface area contributed by atoms with E-state index in [-0.39, 0.29) is 5.91 Å². The number of carbonyl (C=O) groups is 1. The van der Waals surface area contributed by atoms with Gasteiger partial charge in [0.25, 0.3) is 0 Å². The number of hydrogen-bond acceptors (Lipinski definition) is 3. The van der Waals surface area contributed by atoms with Gasteiger partial charge in [0, 0.05) is 28.4 Å². The molecule has 2 aromatic rings. The average molecular weight is 377 g/mol. The number of thioether (sulfide) groups is 1. The Morgan fingerprint density at radius 1 is 1.24 bits per heavy atom. The largest absolute Gasteiger partial charge is 0.342 e. The second-order valence-corrected chi connectivity index (χ2v) is 7.94. The molecule has 0 saturated carbocycles. The number of nitrogens with zero attached hydrogens (tertiary/aromatic N) is 1. The molecule has 25 heavy (non-hydrogen) atoms. The molecule has 134 valence electrons. The number of likely N-dealkylation sites (tertiary alicyclic amines) is 1. The number of carbonyl (C=O) groups excluding carboxylic acids is 1. The zero-order valence-corrected chi connectivity index (χ0v) is 16.2. The molecule has 0 unspecified atom stereocenters. The summed E-state index contributed by atoms with van der Waals surface area (Å²) >= 11 is 7.96. The fourth-order valence-electron chi connectivity index (χ4n) is 3.35. The van der Waals surface area contributed by atoms with Crippen molar-refractivity contribution in [1.82, 2.24) is 10.2 Å². The summed E-state index contributed by atoms with van der Waals surface area (Å²) in [5, 5.41) is 6.33. The smallest absolute Gasteiger partial charge is 0.232 e. The van der Waals surface area contributed by atoms with Gasteiger partial charge < -0.3 is 10.2 Å². The first kappa shape index (κ1) is 18.6. The number of rotatable bonds is 6. The summed E-state index contributed by atoms with van der Waals surface area (Å²) in [6.07, 6.45) is 2.20. The quantitative estimate of drug-likeness (QED) is 0.757. The number of benzene rings is 2. The van der Waals surface area contributed by atoms with Crippen LogP contribution in [0.5, 0.6) is 0 Å². The second kappa shape index (κ2) is 8.93. The van der Waals surface area contributed by atoms with E-state index in [1.54, 1.807) is 11.8 Å². The zero-order valence-electron chi connectivity index (χ0n) is 14.6. The highest BCUT2D eigenvalue weighted by Crippen LogP contribution is 2.33. The van der Waals surface area contributed by atoms with Gasteiger partial charge in [0.2, 0.25) is 5.91 Å². The van der Waals surface area contributed by atoms with E-state index in [0.29, 0.717) is 11.7 Å². The number of amides is 1. The third-order valence-corrected chi connectivity index (χ3v) is 6.17. The first-order chi connectivity index (χ1) is 12.2. The molecule has 1 N–H and O–H groups in total. The average Bonchev–Trinajstić information content (AvgIpc) is 2.65. The van der Waals surface area contributed by atoms with Crippen molar-refractivity contribution in [3.63, 3.8) is 0 Å².